The zero-order valence-corrected chi connectivity index (χ0v) is 13.2. The molecule has 0 bridgehead atoms. The van der Waals surface area contributed by atoms with Gasteiger partial charge >= 0.3 is 0 Å². The van der Waals surface area contributed by atoms with Gasteiger partial charge in [0.1, 0.15) is 10.3 Å². The van der Waals surface area contributed by atoms with Crippen molar-refractivity contribution in [3.8, 4) is 0 Å². The first kappa shape index (κ1) is 14.5. The van der Waals surface area contributed by atoms with Gasteiger partial charge in [-0.25, -0.2) is 15.0 Å². The minimum absolute atomic E-state index is 0.129. The van der Waals surface area contributed by atoms with Crippen LogP contribution in [0.25, 0.3) is 10.3 Å². The summed E-state index contributed by atoms with van der Waals surface area (Å²) in [6.07, 6.45) is 1.49. The van der Waals surface area contributed by atoms with Crippen LogP contribution in [0.5, 0.6) is 0 Å². The maximum Gasteiger partial charge on any atom is 0.258 e. The number of nitrogens with one attached hydrogen (secondary N) is 1. The number of hydrogen-bond donors (Lipinski definition) is 1. The molecule has 21 heavy (non-hydrogen) atoms. The number of benzene rings is 1. The lowest BCUT2D eigenvalue weighted by Gasteiger charge is -2.03. The Labute approximate surface area is 137 Å². The van der Waals surface area contributed by atoms with E-state index in [9.17, 15) is 4.79 Å². The molecule has 2 heterocycles. The fraction of sp³-hybridized carbons (Fsp3) is 0. The first-order valence-corrected chi connectivity index (χ1v) is 7.53. The number of carbonyl (C=O) groups excluding carboxylic acids is 1. The van der Waals surface area contributed by atoms with Crippen molar-refractivity contribution >= 4 is 67.5 Å². The van der Waals surface area contributed by atoms with E-state index in [2.05, 4.69) is 20.3 Å². The summed E-state index contributed by atoms with van der Waals surface area (Å²) in [6.45, 7) is 0. The van der Waals surface area contributed by atoms with Crippen molar-refractivity contribution in [3.63, 3.8) is 0 Å². The number of aromatic nitrogens is 3. The first-order valence-electron chi connectivity index (χ1n) is 5.58. The van der Waals surface area contributed by atoms with Crippen LogP contribution in [-0.4, -0.2) is 20.9 Å². The first-order chi connectivity index (χ1) is 10.0. The Morgan fingerprint density at radius 2 is 2.00 bits per heavy atom. The molecule has 0 saturated carbocycles. The van der Waals surface area contributed by atoms with Crippen LogP contribution in [0.2, 0.25) is 15.3 Å². The van der Waals surface area contributed by atoms with E-state index in [0.29, 0.717) is 26.1 Å². The van der Waals surface area contributed by atoms with E-state index in [-0.39, 0.29) is 16.2 Å². The van der Waals surface area contributed by atoms with Crippen molar-refractivity contribution in [3.05, 3.63) is 45.3 Å². The Bertz CT molecular complexity index is 852. The number of amides is 1. The summed E-state index contributed by atoms with van der Waals surface area (Å²) in [5, 5.41) is 3.90. The highest BCUT2D eigenvalue weighted by Crippen LogP contribution is 2.26. The highest BCUT2D eigenvalue weighted by Gasteiger charge is 2.14. The average Bonchev–Trinajstić information content (AvgIpc) is 2.79. The second-order valence-corrected chi connectivity index (χ2v) is 6.09. The van der Waals surface area contributed by atoms with E-state index in [1.54, 1.807) is 12.1 Å². The molecule has 0 fully saturated rings. The molecular weight excluding hydrogens is 355 g/mol. The second-order valence-electron chi connectivity index (χ2n) is 3.93. The molecule has 0 atom stereocenters. The van der Waals surface area contributed by atoms with Crippen molar-refractivity contribution in [2.75, 3.05) is 5.32 Å². The third-order valence-electron chi connectivity index (χ3n) is 2.52. The Morgan fingerprint density at radius 3 is 2.76 bits per heavy atom. The number of nitrogens with zero attached hydrogens (tertiary/aromatic N) is 3. The SMILES string of the molecule is O=C(Nc1nc2cnc(Cl)nc2s1)c1ccc(Cl)cc1Cl. The summed E-state index contributed by atoms with van der Waals surface area (Å²) in [5.74, 6) is -0.380. The Balaban J connectivity index is 1.89. The smallest absolute Gasteiger partial charge is 0.258 e. The van der Waals surface area contributed by atoms with Crippen molar-refractivity contribution in [1.29, 1.82) is 0 Å². The standard InChI is InChI=1S/C12H5Cl3N4OS/c13-5-1-2-6(7(14)3-5)9(20)18-12-17-8-4-16-11(15)19-10(8)21-12/h1-4H,(H,17,18,20). The molecule has 0 aliphatic heterocycles. The quantitative estimate of drug-likeness (QED) is 0.693. The summed E-state index contributed by atoms with van der Waals surface area (Å²) < 4.78 is 0. The van der Waals surface area contributed by atoms with Crippen LogP contribution < -0.4 is 5.32 Å². The van der Waals surface area contributed by atoms with Gasteiger partial charge in [0, 0.05) is 5.02 Å². The van der Waals surface area contributed by atoms with Crippen molar-refractivity contribution in [1.82, 2.24) is 15.0 Å². The van der Waals surface area contributed by atoms with Crippen molar-refractivity contribution < 1.29 is 4.79 Å². The molecule has 0 aliphatic carbocycles. The maximum absolute atomic E-state index is 12.2. The lowest BCUT2D eigenvalue weighted by molar-refractivity contribution is 0.102. The summed E-state index contributed by atoms with van der Waals surface area (Å²) in [6, 6.07) is 4.64. The number of carbonyl (C=O) groups is 1. The predicted molar refractivity (Wildman–Crippen MR) is 84.6 cm³/mol. The van der Waals surface area contributed by atoms with E-state index in [1.807, 2.05) is 0 Å². The van der Waals surface area contributed by atoms with Gasteiger partial charge in [-0.1, -0.05) is 34.5 Å². The fourth-order valence-electron chi connectivity index (χ4n) is 1.61. The van der Waals surface area contributed by atoms with Crippen molar-refractivity contribution in [2.45, 2.75) is 0 Å². The Hall–Kier alpha value is -1.47. The minimum atomic E-state index is -0.380. The monoisotopic (exact) mass is 358 g/mol. The molecule has 106 valence electrons. The molecule has 1 amide bonds. The van der Waals surface area contributed by atoms with Crippen LogP contribution >= 0.6 is 46.1 Å². The molecule has 1 aromatic carbocycles. The summed E-state index contributed by atoms with van der Waals surface area (Å²) in [5.41, 5.74) is 0.867. The van der Waals surface area contributed by atoms with E-state index < -0.39 is 0 Å². The van der Waals surface area contributed by atoms with Gasteiger partial charge in [-0.3, -0.25) is 10.1 Å². The summed E-state index contributed by atoms with van der Waals surface area (Å²) >= 11 is 18.7. The van der Waals surface area contributed by atoms with Gasteiger partial charge in [0.2, 0.25) is 5.28 Å². The molecule has 0 radical (unpaired) electrons. The third-order valence-corrected chi connectivity index (χ3v) is 4.13. The predicted octanol–water partition coefficient (Wildman–Crippen LogP) is 4.30. The van der Waals surface area contributed by atoms with Gasteiger partial charge in [-0.05, 0) is 29.8 Å². The van der Waals surface area contributed by atoms with Crippen LogP contribution in [0, 0.1) is 0 Å². The number of hydrogen-bond acceptors (Lipinski definition) is 5. The number of rotatable bonds is 2. The van der Waals surface area contributed by atoms with Gasteiger partial charge in [0.15, 0.2) is 5.13 Å². The van der Waals surface area contributed by atoms with Crippen LogP contribution in [0.3, 0.4) is 0 Å². The van der Waals surface area contributed by atoms with E-state index in [1.165, 1.54) is 23.6 Å². The average molecular weight is 360 g/mol. The molecule has 0 saturated heterocycles. The normalized spacial score (nSPS) is 10.8. The van der Waals surface area contributed by atoms with E-state index in [0.717, 1.165) is 0 Å². The molecular formula is C12H5Cl3N4OS. The number of thiazole rings is 1. The number of anilines is 1. The van der Waals surface area contributed by atoms with Crippen LogP contribution in [0.15, 0.2) is 24.4 Å². The van der Waals surface area contributed by atoms with E-state index in [4.69, 9.17) is 34.8 Å². The lowest BCUT2D eigenvalue weighted by atomic mass is 10.2. The van der Waals surface area contributed by atoms with Gasteiger partial charge in [0.25, 0.3) is 5.91 Å². The molecule has 3 aromatic rings. The highest BCUT2D eigenvalue weighted by molar-refractivity contribution is 7.22. The number of halogens is 3. The molecule has 0 aliphatic rings. The summed E-state index contributed by atoms with van der Waals surface area (Å²) in [4.78, 5) is 24.8. The van der Waals surface area contributed by atoms with Gasteiger partial charge < -0.3 is 0 Å². The topological polar surface area (TPSA) is 67.8 Å². The lowest BCUT2D eigenvalue weighted by Crippen LogP contribution is -2.12. The molecule has 5 nitrogen and oxygen atoms in total. The molecule has 9 heteroatoms. The van der Waals surface area contributed by atoms with Gasteiger partial charge in [-0.2, -0.15) is 0 Å². The highest BCUT2D eigenvalue weighted by atomic mass is 35.5. The molecule has 2 aromatic heterocycles. The largest absolute Gasteiger partial charge is 0.298 e. The zero-order valence-electron chi connectivity index (χ0n) is 10.1. The molecule has 0 spiro atoms. The molecule has 1 N–H and O–H groups in total. The number of fused-ring (bicyclic) bond motifs is 1. The molecule has 3 rings (SSSR count). The third kappa shape index (κ3) is 3.08. The second kappa shape index (κ2) is 5.73. The summed E-state index contributed by atoms with van der Waals surface area (Å²) in [7, 11) is 0. The Morgan fingerprint density at radius 1 is 1.19 bits per heavy atom. The zero-order chi connectivity index (χ0) is 15.0. The van der Waals surface area contributed by atoms with Crippen LogP contribution in [0.1, 0.15) is 10.4 Å². The fourth-order valence-corrected chi connectivity index (χ4v) is 3.09. The van der Waals surface area contributed by atoms with E-state index >= 15 is 0 Å². The Kier molecular flexibility index (Phi) is 3.95. The van der Waals surface area contributed by atoms with Gasteiger partial charge in [0.05, 0.1) is 16.8 Å². The minimum Gasteiger partial charge on any atom is -0.298 e. The maximum atomic E-state index is 12.2. The van der Waals surface area contributed by atoms with Crippen LogP contribution in [0.4, 0.5) is 5.13 Å². The van der Waals surface area contributed by atoms with Gasteiger partial charge in [-0.15, -0.1) is 0 Å². The van der Waals surface area contributed by atoms with Crippen LogP contribution in [-0.2, 0) is 0 Å². The molecule has 0 unspecified atom stereocenters. The van der Waals surface area contributed by atoms with Crippen molar-refractivity contribution in [2.24, 2.45) is 0 Å².